The fraction of sp³-hybridized carbons (Fsp3) is 0.333. The maximum absolute atomic E-state index is 9.12. The lowest BCUT2D eigenvalue weighted by Crippen LogP contribution is -1.90. The van der Waals surface area contributed by atoms with Gasteiger partial charge in [-0.2, -0.15) is 10.4 Å². The standard InChI is InChI=1S/C15H14N4O2.C3H8/c1-17-15-13(9-16)14(18-19-15)5-4-10-6-11(20-2)8-12(7-10)21-3;1-3-2/h6-8H,1-3H3,(H2,17,18,19);3H2,1-2H3. The maximum atomic E-state index is 9.12. The van der Waals surface area contributed by atoms with Crippen molar-refractivity contribution in [1.29, 1.82) is 5.26 Å². The predicted octanol–water partition coefficient (Wildman–Crippen LogP) is 3.16. The van der Waals surface area contributed by atoms with E-state index in [9.17, 15) is 0 Å². The van der Waals surface area contributed by atoms with Crippen LogP contribution in [-0.2, 0) is 0 Å². The normalized spacial score (nSPS) is 8.83. The van der Waals surface area contributed by atoms with Crippen LogP contribution in [0.15, 0.2) is 18.2 Å². The number of rotatable bonds is 3. The molecule has 0 atom stereocenters. The van der Waals surface area contributed by atoms with Gasteiger partial charge >= 0.3 is 0 Å². The van der Waals surface area contributed by atoms with Crippen LogP contribution >= 0.6 is 0 Å². The van der Waals surface area contributed by atoms with E-state index >= 15 is 0 Å². The van der Waals surface area contributed by atoms with Crippen LogP contribution in [0.5, 0.6) is 11.5 Å². The average Bonchev–Trinajstić information content (AvgIpc) is 3.02. The molecule has 0 aliphatic rings. The monoisotopic (exact) mass is 326 g/mol. The number of nitrogens with one attached hydrogen (secondary N) is 2. The minimum Gasteiger partial charge on any atom is -0.497 e. The van der Waals surface area contributed by atoms with E-state index in [1.54, 1.807) is 39.5 Å². The Morgan fingerprint density at radius 1 is 1.12 bits per heavy atom. The highest BCUT2D eigenvalue weighted by Crippen LogP contribution is 2.22. The summed E-state index contributed by atoms with van der Waals surface area (Å²) in [7, 11) is 4.85. The van der Waals surface area contributed by atoms with E-state index in [-0.39, 0.29) is 0 Å². The van der Waals surface area contributed by atoms with Gasteiger partial charge in [-0.05, 0) is 18.1 Å². The molecule has 0 bridgehead atoms. The predicted molar refractivity (Wildman–Crippen MR) is 94.3 cm³/mol. The lowest BCUT2D eigenvalue weighted by Gasteiger charge is -2.04. The Kier molecular flexibility index (Phi) is 7.73. The molecule has 0 saturated heterocycles. The molecule has 2 N–H and O–H groups in total. The van der Waals surface area contributed by atoms with Crippen molar-refractivity contribution in [1.82, 2.24) is 10.2 Å². The average molecular weight is 326 g/mol. The van der Waals surface area contributed by atoms with Crippen LogP contribution in [-0.4, -0.2) is 31.5 Å². The zero-order chi connectivity index (χ0) is 17.9. The molecule has 0 aliphatic heterocycles. The molecule has 1 aromatic heterocycles. The van der Waals surface area contributed by atoms with Crippen molar-refractivity contribution >= 4 is 5.82 Å². The molecular formula is C18H22N4O2. The number of H-pyrrole nitrogens is 1. The van der Waals surface area contributed by atoms with Gasteiger partial charge in [0.1, 0.15) is 28.8 Å². The zero-order valence-electron chi connectivity index (χ0n) is 14.7. The van der Waals surface area contributed by atoms with Crippen molar-refractivity contribution in [2.45, 2.75) is 20.3 Å². The number of anilines is 1. The third-order valence-electron chi connectivity index (χ3n) is 2.80. The molecule has 6 heteroatoms. The van der Waals surface area contributed by atoms with Crippen molar-refractivity contribution < 1.29 is 9.47 Å². The van der Waals surface area contributed by atoms with E-state index in [0.717, 1.165) is 5.56 Å². The molecule has 2 rings (SSSR count). The van der Waals surface area contributed by atoms with E-state index in [1.165, 1.54) is 6.42 Å². The summed E-state index contributed by atoms with van der Waals surface area (Å²) >= 11 is 0. The molecule has 1 aromatic carbocycles. The van der Waals surface area contributed by atoms with Gasteiger partial charge in [-0.25, -0.2) is 0 Å². The third-order valence-corrected chi connectivity index (χ3v) is 2.80. The van der Waals surface area contributed by atoms with Crippen molar-refractivity contribution in [3.63, 3.8) is 0 Å². The second kappa shape index (κ2) is 9.81. The molecule has 0 aliphatic carbocycles. The molecule has 0 unspecified atom stereocenters. The second-order valence-electron chi connectivity index (χ2n) is 4.74. The van der Waals surface area contributed by atoms with Gasteiger partial charge in [0, 0.05) is 18.7 Å². The van der Waals surface area contributed by atoms with Crippen LogP contribution < -0.4 is 14.8 Å². The lowest BCUT2D eigenvalue weighted by atomic mass is 10.2. The quantitative estimate of drug-likeness (QED) is 0.847. The van der Waals surface area contributed by atoms with Gasteiger partial charge in [0.25, 0.3) is 0 Å². The van der Waals surface area contributed by atoms with Gasteiger partial charge < -0.3 is 14.8 Å². The first-order chi connectivity index (χ1) is 11.6. The number of ether oxygens (including phenoxy) is 2. The molecule has 0 radical (unpaired) electrons. The highest BCUT2D eigenvalue weighted by atomic mass is 16.5. The molecule has 2 aromatic rings. The Labute approximate surface area is 142 Å². The fourth-order valence-electron chi connectivity index (χ4n) is 1.74. The molecule has 1 heterocycles. The number of hydrogen-bond donors (Lipinski definition) is 2. The van der Waals surface area contributed by atoms with Gasteiger partial charge in [0.2, 0.25) is 0 Å². The number of nitrogens with zero attached hydrogens (tertiary/aromatic N) is 2. The zero-order valence-corrected chi connectivity index (χ0v) is 14.7. The number of methoxy groups -OCH3 is 2. The summed E-state index contributed by atoms with van der Waals surface area (Å²) in [6, 6.07) is 7.41. The minimum absolute atomic E-state index is 0.389. The van der Waals surface area contributed by atoms with Crippen LogP contribution in [0.25, 0.3) is 0 Å². The first-order valence-corrected chi connectivity index (χ1v) is 7.54. The highest BCUT2D eigenvalue weighted by Gasteiger charge is 2.09. The number of benzene rings is 1. The summed E-state index contributed by atoms with van der Waals surface area (Å²) in [5.41, 5.74) is 1.57. The van der Waals surface area contributed by atoms with Gasteiger partial charge in [0.15, 0.2) is 5.82 Å². The highest BCUT2D eigenvalue weighted by molar-refractivity contribution is 5.59. The second-order valence-corrected chi connectivity index (χ2v) is 4.74. The first-order valence-electron chi connectivity index (χ1n) is 7.54. The number of hydrogen-bond acceptors (Lipinski definition) is 5. The maximum Gasteiger partial charge on any atom is 0.166 e. The number of nitriles is 1. The lowest BCUT2D eigenvalue weighted by molar-refractivity contribution is 0.394. The molecule has 0 spiro atoms. The van der Waals surface area contributed by atoms with Gasteiger partial charge in [-0.1, -0.05) is 26.2 Å². The van der Waals surface area contributed by atoms with Crippen molar-refractivity contribution in [3.05, 3.63) is 35.0 Å². The smallest absolute Gasteiger partial charge is 0.166 e. The largest absolute Gasteiger partial charge is 0.497 e. The molecule has 6 nitrogen and oxygen atoms in total. The number of aromatic amines is 1. The van der Waals surface area contributed by atoms with Crippen LogP contribution in [0.3, 0.4) is 0 Å². The van der Waals surface area contributed by atoms with E-state index in [2.05, 4.69) is 47.3 Å². The first kappa shape index (κ1) is 18.9. The van der Waals surface area contributed by atoms with Gasteiger partial charge in [-0.15, -0.1) is 0 Å². The van der Waals surface area contributed by atoms with Crippen molar-refractivity contribution in [2.24, 2.45) is 0 Å². The van der Waals surface area contributed by atoms with Crippen molar-refractivity contribution in [2.75, 3.05) is 26.6 Å². The summed E-state index contributed by atoms with van der Waals surface area (Å²) in [5.74, 6) is 7.64. The summed E-state index contributed by atoms with van der Waals surface area (Å²) in [4.78, 5) is 0. The minimum atomic E-state index is 0.389. The Bertz CT molecular complexity index is 741. The van der Waals surface area contributed by atoms with E-state index < -0.39 is 0 Å². The SMILES string of the molecule is CCC.CNc1n[nH]c(C#Cc2cc(OC)cc(OC)c2)c1C#N. The molecule has 0 fully saturated rings. The molecule has 0 amide bonds. The Morgan fingerprint density at radius 2 is 1.71 bits per heavy atom. The van der Waals surface area contributed by atoms with Crippen LogP contribution in [0, 0.1) is 23.2 Å². The van der Waals surface area contributed by atoms with Crippen LogP contribution in [0.2, 0.25) is 0 Å². The van der Waals surface area contributed by atoms with Gasteiger partial charge in [-0.3, -0.25) is 5.10 Å². The molecule has 126 valence electrons. The molecule has 24 heavy (non-hydrogen) atoms. The fourth-order valence-corrected chi connectivity index (χ4v) is 1.74. The third kappa shape index (κ3) is 4.96. The Hall–Kier alpha value is -3.12. The van der Waals surface area contributed by atoms with Crippen LogP contribution in [0.1, 0.15) is 37.1 Å². The summed E-state index contributed by atoms with van der Waals surface area (Å²) in [6.07, 6.45) is 1.25. The summed E-state index contributed by atoms with van der Waals surface area (Å²) in [6.45, 7) is 4.25. The van der Waals surface area contributed by atoms with E-state index in [4.69, 9.17) is 14.7 Å². The Morgan fingerprint density at radius 3 is 2.17 bits per heavy atom. The topological polar surface area (TPSA) is 83.0 Å². The number of aromatic nitrogens is 2. The van der Waals surface area contributed by atoms with E-state index in [0.29, 0.717) is 28.6 Å². The van der Waals surface area contributed by atoms with Crippen LogP contribution in [0.4, 0.5) is 5.82 Å². The summed E-state index contributed by atoms with van der Waals surface area (Å²) in [5, 5.41) is 18.7. The van der Waals surface area contributed by atoms with Crippen molar-refractivity contribution in [3.8, 4) is 29.4 Å². The Balaban J connectivity index is 0.000000891. The van der Waals surface area contributed by atoms with E-state index in [1.807, 2.05) is 0 Å². The molecule has 0 saturated carbocycles. The van der Waals surface area contributed by atoms with Gasteiger partial charge in [0.05, 0.1) is 14.2 Å². The molecular weight excluding hydrogens is 304 g/mol. The summed E-state index contributed by atoms with van der Waals surface area (Å²) < 4.78 is 10.4.